The standard InChI is InChI=1S/C7H11N3O/c1-6(5-9-2)10-3-4-11-7(10)8/h5,8H,2-4H2,1H3/b6-5+,8-7?. The molecule has 0 unspecified atom stereocenters. The quantitative estimate of drug-likeness (QED) is 0.597. The van der Waals surface area contributed by atoms with Gasteiger partial charge in [-0.2, -0.15) is 0 Å². The molecule has 1 saturated heterocycles. The van der Waals surface area contributed by atoms with E-state index in [2.05, 4.69) is 11.7 Å². The first-order chi connectivity index (χ1) is 5.25. The van der Waals surface area contributed by atoms with E-state index >= 15 is 0 Å². The smallest absolute Gasteiger partial charge is 0.288 e. The topological polar surface area (TPSA) is 48.7 Å². The summed E-state index contributed by atoms with van der Waals surface area (Å²) >= 11 is 0. The van der Waals surface area contributed by atoms with E-state index < -0.39 is 0 Å². The van der Waals surface area contributed by atoms with E-state index in [0.29, 0.717) is 6.61 Å². The third kappa shape index (κ3) is 1.58. The Kier molecular flexibility index (Phi) is 2.25. The Labute approximate surface area is 65.7 Å². The zero-order valence-electron chi connectivity index (χ0n) is 6.50. The van der Waals surface area contributed by atoms with Crippen molar-refractivity contribution < 1.29 is 4.74 Å². The van der Waals surface area contributed by atoms with Crippen molar-refractivity contribution in [3.8, 4) is 0 Å². The van der Waals surface area contributed by atoms with Gasteiger partial charge in [-0.05, 0) is 13.6 Å². The van der Waals surface area contributed by atoms with Crippen molar-refractivity contribution in [2.24, 2.45) is 4.99 Å². The van der Waals surface area contributed by atoms with Gasteiger partial charge in [-0.1, -0.05) is 0 Å². The highest BCUT2D eigenvalue weighted by molar-refractivity contribution is 5.73. The third-order valence-corrected chi connectivity index (χ3v) is 1.50. The molecule has 0 spiro atoms. The SMILES string of the molecule is C=N/C=C(\C)N1CCOC1=N. The molecule has 1 aliphatic rings. The highest BCUT2D eigenvalue weighted by atomic mass is 16.5. The van der Waals surface area contributed by atoms with Gasteiger partial charge in [0.2, 0.25) is 0 Å². The van der Waals surface area contributed by atoms with E-state index in [4.69, 9.17) is 10.1 Å². The molecule has 11 heavy (non-hydrogen) atoms. The normalized spacial score (nSPS) is 18.5. The van der Waals surface area contributed by atoms with Crippen LogP contribution in [0.2, 0.25) is 0 Å². The lowest BCUT2D eigenvalue weighted by atomic mass is 10.4. The second-order valence-corrected chi connectivity index (χ2v) is 2.26. The lowest BCUT2D eigenvalue weighted by Gasteiger charge is -2.13. The van der Waals surface area contributed by atoms with Crippen LogP contribution < -0.4 is 0 Å². The van der Waals surface area contributed by atoms with Crippen LogP contribution in [-0.2, 0) is 4.74 Å². The molecule has 60 valence electrons. The maximum Gasteiger partial charge on any atom is 0.288 e. The minimum atomic E-state index is 0.197. The highest BCUT2D eigenvalue weighted by Crippen LogP contribution is 2.09. The number of nitrogens with zero attached hydrogens (tertiary/aromatic N) is 2. The van der Waals surface area contributed by atoms with E-state index in [1.165, 1.54) is 0 Å². The van der Waals surface area contributed by atoms with Gasteiger partial charge in [-0.15, -0.1) is 0 Å². The molecule has 0 bridgehead atoms. The largest absolute Gasteiger partial charge is 0.463 e. The first-order valence-electron chi connectivity index (χ1n) is 3.37. The molecule has 0 amide bonds. The van der Waals surface area contributed by atoms with Crippen LogP contribution in [0.4, 0.5) is 0 Å². The second-order valence-electron chi connectivity index (χ2n) is 2.26. The minimum Gasteiger partial charge on any atom is -0.463 e. The van der Waals surface area contributed by atoms with Crippen molar-refractivity contribution in [3.05, 3.63) is 11.9 Å². The Bertz CT molecular complexity index is 210. The first-order valence-corrected chi connectivity index (χ1v) is 3.37. The van der Waals surface area contributed by atoms with Gasteiger partial charge in [0.15, 0.2) is 0 Å². The number of allylic oxidation sites excluding steroid dienone is 1. The summed E-state index contributed by atoms with van der Waals surface area (Å²) in [6, 6.07) is 0.197. The van der Waals surface area contributed by atoms with Crippen LogP contribution in [-0.4, -0.2) is 30.8 Å². The molecule has 1 N–H and O–H groups in total. The number of amidine groups is 1. The number of hydrogen-bond donors (Lipinski definition) is 1. The molecule has 0 aromatic carbocycles. The number of nitrogens with one attached hydrogen (secondary N) is 1. The predicted octanol–water partition coefficient (Wildman–Crippen LogP) is 0.815. The predicted molar refractivity (Wildman–Crippen MR) is 43.7 cm³/mol. The van der Waals surface area contributed by atoms with E-state index in [1.807, 2.05) is 6.92 Å². The Morgan fingerprint density at radius 2 is 2.64 bits per heavy atom. The average molecular weight is 153 g/mol. The molecule has 4 heteroatoms. The molecular formula is C7H11N3O. The number of aliphatic imine (C=N–C) groups is 1. The van der Waals surface area contributed by atoms with Crippen LogP contribution in [0.5, 0.6) is 0 Å². The van der Waals surface area contributed by atoms with Crippen LogP contribution >= 0.6 is 0 Å². The Morgan fingerprint density at radius 1 is 1.91 bits per heavy atom. The van der Waals surface area contributed by atoms with Gasteiger partial charge < -0.3 is 4.74 Å². The molecule has 1 fully saturated rings. The molecule has 1 rings (SSSR count). The zero-order valence-corrected chi connectivity index (χ0v) is 6.50. The fourth-order valence-electron chi connectivity index (χ4n) is 0.951. The van der Waals surface area contributed by atoms with Crippen LogP contribution in [0.1, 0.15) is 6.92 Å². The zero-order chi connectivity index (χ0) is 8.27. The summed E-state index contributed by atoms with van der Waals surface area (Å²) in [4.78, 5) is 5.35. The summed E-state index contributed by atoms with van der Waals surface area (Å²) in [5.74, 6) is 0. The number of hydrogen-bond acceptors (Lipinski definition) is 3. The molecule has 1 heterocycles. The lowest BCUT2D eigenvalue weighted by Crippen LogP contribution is -2.22. The first kappa shape index (κ1) is 7.78. The summed E-state index contributed by atoms with van der Waals surface area (Å²) in [6.45, 7) is 6.52. The van der Waals surface area contributed by atoms with Crippen LogP contribution in [0.25, 0.3) is 0 Å². The number of rotatable bonds is 2. The molecule has 0 aliphatic carbocycles. The van der Waals surface area contributed by atoms with Crippen molar-refractivity contribution in [1.82, 2.24) is 4.90 Å². The summed E-state index contributed by atoms with van der Waals surface area (Å²) in [6.07, 6.45) is 1.61. The fraction of sp³-hybridized carbons (Fsp3) is 0.429. The van der Waals surface area contributed by atoms with Crippen molar-refractivity contribution in [2.45, 2.75) is 6.92 Å². The Morgan fingerprint density at radius 3 is 3.09 bits per heavy atom. The van der Waals surface area contributed by atoms with Gasteiger partial charge in [-0.3, -0.25) is 15.3 Å². The van der Waals surface area contributed by atoms with E-state index in [9.17, 15) is 0 Å². The van der Waals surface area contributed by atoms with Crippen LogP contribution in [0, 0.1) is 5.41 Å². The lowest BCUT2D eigenvalue weighted by molar-refractivity contribution is 0.349. The molecule has 0 atom stereocenters. The molecular weight excluding hydrogens is 142 g/mol. The van der Waals surface area contributed by atoms with Crippen LogP contribution in [0.3, 0.4) is 0 Å². The van der Waals surface area contributed by atoms with Crippen LogP contribution in [0.15, 0.2) is 16.9 Å². The van der Waals surface area contributed by atoms with E-state index in [0.717, 1.165) is 12.2 Å². The van der Waals surface area contributed by atoms with Crippen molar-refractivity contribution in [1.29, 1.82) is 5.41 Å². The van der Waals surface area contributed by atoms with Gasteiger partial charge in [0.25, 0.3) is 6.02 Å². The second kappa shape index (κ2) is 3.18. The third-order valence-electron chi connectivity index (χ3n) is 1.50. The average Bonchev–Trinajstić information content (AvgIpc) is 2.36. The molecule has 0 aromatic heterocycles. The number of ether oxygens (including phenoxy) is 1. The molecule has 1 aliphatic heterocycles. The van der Waals surface area contributed by atoms with E-state index in [1.54, 1.807) is 11.1 Å². The van der Waals surface area contributed by atoms with Crippen molar-refractivity contribution in [3.63, 3.8) is 0 Å². The molecule has 0 saturated carbocycles. The fourth-order valence-corrected chi connectivity index (χ4v) is 0.951. The summed E-state index contributed by atoms with van der Waals surface area (Å²) < 4.78 is 4.94. The Balaban J connectivity index is 2.66. The summed E-state index contributed by atoms with van der Waals surface area (Å²) in [5, 5.41) is 7.32. The van der Waals surface area contributed by atoms with Gasteiger partial charge in [0.05, 0.1) is 6.54 Å². The minimum absolute atomic E-state index is 0.197. The monoisotopic (exact) mass is 153 g/mol. The maximum absolute atomic E-state index is 7.32. The van der Waals surface area contributed by atoms with Gasteiger partial charge in [-0.25, -0.2) is 0 Å². The van der Waals surface area contributed by atoms with Gasteiger partial charge in [0, 0.05) is 11.9 Å². The van der Waals surface area contributed by atoms with Gasteiger partial charge in [0.1, 0.15) is 6.61 Å². The maximum atomic E-state index is 7.32. The van der Waals surface area contributed by atoms with Crippen molar-refractivity contribution in [2.75, 3.05) is 13.2 Å². The Hall–Kier alpha value is -1.32. The van der Waals surface area contributed by atoms with Gasteiger partial charge >= 0.3 is 0 Å². The highest BCUT2D eigenvalue weighted by Gasteiger charge is 2.19. The van der Waals surface area contributed by atoms with Crippen molar-refractivity contribution >= 4 is 12.7 Å². The summed E-state index contributed by atoms with van der Waals surface area (Å²) in [7, 11) is 0. The molecule has 0 radical (unpaired) electrons. The molecule has 4 nitrogen and oxygen atoms in total. The molecule has 0 aromatic rings. The van der Waals surface area contributed by atoms with E-state index in [-0.39, 0.29) is 6.02 Å². The summed E-state index contributed by atoms with van der Waals surface area (Å²) in [5.41, 5.74) is 0.891.